The second-order valence-corrected chi connectivity index (χ2v) is 11.0. The Morgan fingerprint density at radius 1 is 0.923 bits per heavy atom. The Labute approximate surface area is 222 Å². The third-order valence-electron chi connectivity index (χ3n) is 5.85. The summed E-state index contributed by atoms with van der Waals surface area (Å²) in [5.74, 6) is -3.92. The van der Waals surface area contributed by atoms with E-state index in [4.69, 9.17) is 4.74 Å². The van der Waals surface area contributed by atoms with E-state index in [1.165, 1.54) is 35.2 Å². The van der Waals surface area contributed by atoms with E-state index in [2.05, 4.69) is 0 Å². The van der Waals surface area contributed by atoms with Crippen LogP contribution in [0.15, 0.2) is 71.6 Å². The summed E-state index contributed by atoms with van der Waals surface area (Å²) in [5.41, 5.74) is -0.966. The molecule has 0 saturated heterocycles. The summed E-state index contributed by atoms with van der Waals surface area (Å²) in [4.78, 5) is 1.17. The zero-order chi connectivity index (χ0) is 28.8. The first-order chi connectivity index (χ1) is 18.2. The molecule has 0 atom stereocenters. The third kappa shape index (κ3) is 8.70. The van der Waals surface area contributed by atoms with Crippen LogP contribution in [0.1, 0.15) is 28.7 Å². The van der Waals surface area contributed by atoms with Gasteiger partial charge < -0.3 is 9.84 Å². The van der Waals surface area contributed by atoms with Crippen LogP contribution in [-0.4, -0.2) is 44.4 Å². The van der Waals surface area contributed by atoms with Crippen LogP contribution in [0, 0.1) is 5.82 Å². The number of rotatable bonds is 12. The summed E-state index contributed by atoms with van der Waals surface area (Å²) in [7, 11) is -3.65. The zero-order valence-electron chi connectivity index (χ0n) is 20.9. The van der Waals surface area contributed by atoms with Crippen molar-refractivity contribution in [3.8, 4) is 5.75 Å². The van der Waals surface area contributed by atoms with Gasteiger partial charge in [0, 0.05) is 24.9 Å². The lowest BCUT2D eigenvalue weighted by Crippen LogP contribution is -2.36. The normalized spacial score (nSPS) is 12.6. The van der Waals surface area contributed by atoms with Crippen LogP contribution in [0.5, 0.6) is 5.75 Å². The average molecular weight is 576 g/mol. The molecular formula is C27H27F6NO4S. The standard InChI is InChI=1S/C27H27F6NO4S/c1-39(36,37)25-15-24(11-6-20(25)17-35)38-13-3-12-34(16-19-4-2-5-22(14-19)27(31,32)33)18-26(29,30)21-7-9-23(28)10-8-21/h2,4-11,14-15,35H,3,12-13,16-18H2,1H3. The van der Waals surface area contributed by atoms with Crippen molar-refractivity contribution in [1.29, 1.82) is 0 Å². The Balaban J connectivity index is 1.74. The van der Waals surface area contributed by atoms with Crippen molar-refractivity contribution in [2.24, 2.45) is 0 Å². The maximum absolute atomic E-state index is 15.1. The number of sulfone groups is 1. The highest BCUT2D eigenvalue weighted by Crippen LogP contribution is 2.32. The van der Waals surface area contributed by atoms with Crippen LogP contribution in [0.25, 0.3) is 0 Å². The maximum Gasteiger partial charge on any atom is 0.416 e. The minimum Gasteiger partial charge on any atom is -0.494 e. The number of hydrogen-bond donors (Lipinski definition) is 1. The SMILES string of the molecule is CS(=O)(=O)c1cc(OCCCN(Cc2cccc(C(F)(F)F)c2)CC(F)(F)c2ccc(F)cc2)ccc1CO. The first kappa shape index (κ1) is 30.5. The van der Waals surface area contributed by atoms with Gasteiger partial charge in [0.05, 0.1) is 30.2 Å². The summed E-state index contributed by atoms with van der Waals surface area (Å²) >= 11 is 0. The number of halogens is 6. The minimum atomic E-state index is -4.59. The Bertz CT molecular complexity index is 1360. The van der Waals surface area contributed by atoms with Gasteiger partial charge in [-0.2, -0.15) is 22.0 Å². The van der Waals surface area contributed by atoms with E-state index < -0.39 is 52.0 Å². The van der Waals surface area contributed by atoms with E-state index in [1.807, 2.05) is 0 Å². The number of hydrogen-bond acceptors (Lipinski definition) is 5. The largest absolute Gasteiger partial charge is 0.494 e. The summed E-state index contributed by atoms with van der Waals surface area (Å²) < 4.78 is 112. The van der Waals surface area contributed by atoms with Gasteiger partial charge in [0.1, 0.15) is 11.6 Å². The van der Waals surface area contributed by atoms with E-state index >= 15 is 8.78 Å². The Kier molecular flexibility index (Phi) is 9.68. The van der Waals surface area contributed by atoms with Crippen molar-refractivity contribution in [3.63, 3.8) is 0 Å². The molecule has 0 bridgehead atoms. The molecule has 0 radical (unpaired) electrons. The van der Waals surface area contributed by atoms with Crippen molar-refractivity contribution < 1.29 is 44.6 Å². The molecule has 0 spiro atoms. The molecule has 3 aromatic rings. The number of alkyl halides is 5. The lowest BCUT2D eigenvalue weighted by molar-refractivity contribution is -0.137. The molecule has 0 saturated carbocycles. The topological polar surface area (TPSA) is 66.8 Å². The summed E-state index contributed by atoms with van der Waals surface area (Å²) in [6.45, 7) is -1.57. The first-order valence-electron chi connectivity index (χ1n) is 11.8. The number of nitrogens with zero attached hydrogens (tertiary/aromatic N) is 1. The van der Waals surface area contributed by atoms with Crippen molar-refractivity contribution in [2.45, 2.75) is 36.6 Å². The van der Waals surface area contributed by atoms with E-state index in [1.54, 1.807) is 0 Å². The van der Waals surface area contributed by atoms with Crippen LogP contribution in [0.4, 0.5) is 26.3 Å². The molecule has 0 aliphatic heterocycles. The highest BCUT2D eigenvalue weighted by molar-refractivity contribution is 7.90. The van der Waals surface area contributed by atoms with Crippen LogP contribution < -0.4 is 4.74 Å². The van der Waals surface area contributed by atoms with E-state index in [0.29, 0.717) is 0 Å². The molecule has 0 unspecified atom stereocenters. The number of ether oxygens (including phenoxy) is 1. The molecule has 0 fully saturated rings. The van der Waals surface area contributed by atoms with Crippen molar-refractivity contribution in [2.75, 3.05) is 26.0 Å². The quantitative estimate of drug-likeness (QED) is 0.218. The predicted molar refractivity (Wildman–Crippen MR) is 133 cm³/mol. The summed E-state index contributed by atoms with van der Waals surface area (Å²) in [6, 6.07) is 12.2. The number of aliphatic hydroxyl groups excluding tert-OH is 1. The fourth-order valence-corrected chi connectivity index (χ4v) is 4.90. The molecule has 5 nitrogen and oxygen atoms in total. The highest BCUT2D eigenvalue weighted by atomic mass is 32.2. The van der Waals surface area contributed by atoms with Crippen molar-refractivity contribution in [3.05, 3.63) is 94.8 Å². The van der Waals surface area contributed by atoms with Gasteiger partial charge in [-0.25, -0.2) is 12.8 Å². The molecule has 3 rings (SSSR count). The van der Waals surface area contributed by atoms with Crippen LogP contribution in [0.2, 0.25) is 0 Å². The van der Waals surface area contributed by atoms with Gasteiger partial charge in [0.25, 0.3) is 5.92 Å². The van der Waals surface area contributed by atoms with Gasteiger partial charge in [-0.15, -0.1) is 0 Å². The van der Waals surface area contributed by atoms with Gasteiger partial charge in [-0.1, -0.05) is 36.4 Å². The Hall–Kier alpha value is -3.09. The van der Waals surface area contributed by atoms with Gasteiger partial charge in [-0.3, -0.25) is 4.90 Å². The molecule has 1 N–H and O–H groups in total. The lowest BCUT2D eigenvalue weighted by atomic mass is 10.1. The smallest absolute Gasteiger partial charge is 0.416 e. The Morgan fingerprint density at radius 3 is 2.23 bits per heavy atom. The molecule has 0 aliphatic rings. The van der Waals surface area contributed by atoms with Crippen molar-refractivity contribution in [1.82, 2.24) is 4.90 Å². The maximum atomic E-state index is 15.1. The second kappa shape index (κ2) is 12.4. The molecule has 212 valence electrons. The van der Waals surface area contributed by atoms with Gasteiger partial charge in [0.15, 0.2) is 9.84 Å². The number of benzene rings is 3. The molecule has 0 heterocycles. The second-order valence-electron chi connectivity index (χ2n) is 9.02. The molecule has 0 aliphatic carbocycles. The third-order valence-corrected chi connectivity index (χ3v) is 7.02. The Morgan fingerprint density at radius 2 is 1.62 bits per heavy atom. The monoisotopic (exact) mass is 575 g/mol. The van der Waals surface area contributed by atoms with Crippen LogP contribution in [-0.2, 0) is 35.1 Å². The summed E-state index contributed by atoms with van der Waals surface area (Å²) in [6.07, 6.45) is -3.43. The fourth-order valence-electron chi connectivity index (χ4n) is 3.96. The first-order valence-corrected chi connectivity index (χ1v) is 13.7. The van der Waals surface area contributed by atoms with Crippen molar-refractivity contribution >= 4 is 9.84 Å². The fraction of sp³-hybridized carbons (Fsp3) is 0.333. The van der Waals surface area contributed by atoms with Crippen LogP contribution >= 0.6 is 0 Å². The molecule has 0 amide bonds. The van der Waals surface area contributed by atoms with Gasteiger partial charge in [-0.05, 0) is 47.9 Å². The predicted octanol–water partition coefficient (Wildman–Crippen LogP) is 5.80. The van der Waals surface area contributed by atoms with E-state index in [-0.39, 0.29) is 47.9 Å². The lowest BCUT2D eigenvalue weighted by Gasteiger charge is -2.28. The van der Waals surface area contributed by atoms with Crippen LogP contribution in [0.3, 0.4) is 0 Å². The number of aliphatic hydroxyl groups is 1. The van der Waals surface area contributed by atoms with E-state index in [0.717, 1.165) is 42.7 Å². The average Bonchev–Trinajstić information content (AvgIpc) is 2.85. The van der Waals surface area contributed by atoms with E-state index in [9.17, 15) is 31.1 Å². The van der Waals surface area contributed by atoms with Gasteiger partial charge in [0.2, 0.25) is 0 Å². The zero-order valence-corrected chi connectivity index (χ0v) is 21.7. The molecule has 0 aromatic heterocycles. The molecule has 39 heavy (non-hydrogen) atoms. The minimum absolute atomic E-state index is 0.000682. The highest BCUT2D eigenvalue weighted by Gasteiger charge is 2.34. The van der Waals surface area contributed by atoms with Gasteiger partial charge >= 0.3 is 6.18 Å². The summed E-state index contributed by atoms with van der Waals surface area (Å²) in [5, 5.41) is 9.37. The molecular weight excluding hydrogens is 548 g/mol. The molecule has 3 aromatic carbocycles. The molecule has 12 heteroatoms.